The predicted octanol–water partition coefficient (Wildman–Crippen LogP) is 9.24. The summed E-state index contributed by atoms with van der Waals surface area (Å²) in [6.45, 7) is 32.1. The molecule has 10 heteroatoms. The number of benzene rings is 2. The lowest BCUT2D eigenvalue weighted by Crippen LogP contribution is -2.58. The van der Waals surface area contributed by atoms with Crippen molar-refractivity contribution in [3.8, 4) is 11.5 Å². The summed E-state index contributed by atoms with van der Waals surface area (Å²) in [6, 6.07) is 7.87. The molecule has 0 amide bonds. The maximum Gasteiger partial charge on any atom is 0.306 e. The lowest BCUT2D eigenvalue weighted by atomic mass is 9.53. The Morgan fingerprint density at radius 1 is 0.492 bits per heavy atom. The molecule has 0 bridgehead atoms. The van der Waals surface area contributed by atoms with Crippen LogP contribution >= 0.6 is 0 Å². The summed E-state index contributed by atoms with van der Waals surface area (Å²) in [5.74, 6) is -1.42. The molecular weight excluding hydrogens is 797 g/mol. The summed E-state index contributed by atoms with van der Waals surface area (Å²) < 4.78 is 11.6. The number of ether oxygens (including phenoxy) is 2. The maximum atomic E-state index is 13.1. The molecule has 4 atom stereocenters. The Morgan fingerprint density at radius 2 is 0.730 bits per heavy atom. The van der Waals surface area contributed by atoms with Crippen LogP contribution in [0.2, 0.25) is 0 Å². The first-order valence-electron chi connectivity index (χ1n) is 23.3. The minimum atomic E-state index is -0.969. The first kappa shape index (κ1) is 52.4. The third-order valence-electron chi connectivity index (χ3n) is 14.0. The number of rotatable bonds is 12. The fraction of sp³-hybridized carbons (Fsp3) is 0.736. The highest BCUT2D eigenvalue weighted by molar-refractivity contribution is 5.70. The molecule has 0 saturated heterocycles. The molecule has 0 aliphatic heterocycles. The predicted molar refractivity (Wildman–Crippen MR) is 249 cm³/mol. The summed E-state index contributed by atoms with van der Waals surface area (Å²) in [6.07, 6.45) is -1.68. The van der Waals surface area contributed by atoms with Gasteiger partial charge in [-0.1, -0.05) is 135 Å². The van der Waals surface area contributed by atoms with E-state index in [0.717, 1.165) is 33.4 Å². The van der Waals surface area contributed by atoms with Gasteiger partial charge in [-0.3, -0.25) is 9.59 Å². The van der Waals surface area contributed by atoms with Gasteiger partial charge in [0.15, 0.2) is 0 Å². The number of aromatic hydroxyl groups is 2. The zero-order chi connectivity index (χ0) is 48.1. The SMILES string of the molecule is CC(C)(C)c1cc(CCC(=O)OCC(C)(C)C2C(O)CC3(CC2O)CC(O)C(C(C)(C)COC(=O)CCc2cc(C(C)(C)C)c(O)c(C(C)(C)C)c2)C(O)C3)cc(C(C)(C)C)c1O. The van der Waals surface area contributed by atoms with Gasteiger partial charge in [-0.05, 0) is 99.0 Å². The lowest BCUT2D eigenvalue weighted by Gasteiger charge is -2.56. The van der Waals surface area contributed by atoms with E-state index >= 15 is 0 Å². The quantitative estimate of drug-likeness (QED) is 0.113. The molecule has 356 valence electrons. The van der Waals surface area contributed by atoms with Crippen LogP contribution in [-0.2, 0) is 53.6 Å². The number of aliphatic hydroxyl groups is 4. The number of carbonyl (C=O) groups excluding carboxylic acids is 2. The Hall–Kier alpha value is -3.18. The Bertz CT molecular complexity index is 1690. The summed E-state index contributed by atoms with van der Waals surface area (Å²) in [4.78, 5) is 26.3. The fourth-order valence-corrected chi connectivity index (χ4v) is 10.7. The van der Waals surface area contributed by atoms with Crippen molar-refractivity contribution in [2.24, 2.45) is 28.1 Å². The van der Waals surface area contributed by atoms with E-state index in [4.69, 9.17) is 9.47 Å². The Balaban J connectivity index is 1.34. The van der Waals surface area contributed by atoms with Gasteiger partial charge >= 0.3 is 11.9 Å². The topological polar surface area (TPSA) is 174 Å². The molecule has 4 rings (SSSR count). The number of aryl methyl sites for hydroxylation is 2. The van der Waals surface area contributed by atoms with Gasteiger partial charge in [-0.25, -0.2) is 0 Å². The third kappa shape index (κ3) is 12.6. The molecular formula is C53H84O10. The summed E-state index contributed by atoms with van der Waals surface area (Å²) in [5, 5.41) is 68.8. The standard InChI is InChI=1S/C53H84O10/c1-47(2,3)33-21-31(22-34(45(33)60)48(4,5)6)17-19-41(58)62-29-51(13,14)43-37(54)25-53(26-38(43)55)27-39(56)44(40(57)28-53)52(15,16)30-63-42(59)20-18-32-23-35(49(7,8)9)46(61)36(24-32)50(10,11)12/h21-24,37-40,43-44,54-57,60-61H,17-20,25-30H2,1-16H3. The van der Waals surface area contributed by atoms with Crippen LogP contribution in [0.25, 0.3) is 0 Å². The Labute approximate surface area is 379 Å². The smallest absolute Gasteiger partial charge is 0.306 e. The number of aliphatic hydroxyl groups excluding tert-OH is 4. The van der Waals surface area contributed by atoms with E-state index < -0.39 is 52.5 Å². The van der Waals surface area contributed by atoms with Crippen molar-refractivity contribution in [2.75, 3.05) is 13.2 Å². The van der Waals surface area contributed by atoms with E-state index in [1.54, 1.807) is 0 Å². The second-order valence-corrected chi connectivity index (χ2v) is 25.0. The van der Waals surface area contributed by atoms with Gasteiger partial charge in [-0.2, -0.15) is 0 Å². The van der Waals surface area contributed by atoms with Crippen molar-refractivity contribution in [1.82, 2.24) is 0 Å². The molecule has 2 aromatic rings. The van der Waals surface area contributed by atoms with Gasteiger partial charge in [0, 0.05) is 35.5 Å². The highest BCUT2D eigenvalue weighted by Crippen LogP contribution is 2.55. The highest BCUT2D eigenvalue weighted by Gasteiger charge is 2.56. The van der Waals surface area contributed by atoms with E-state index in [-0.39, 0.29) is 96.8 Å². The van der Waals surface area contributed by atoms with Gasteiger partial charge in [0.2, 0.25) is 0 Å². The molecule has 4 unspecified atom stereocenters. The van der Waals surface area contributed by atoms with Crippen LogP contribution in [0.1, 0.15) is 183 Å². The third-order valence-corrected chi connectivity index (χ3v) is 14.0. The highest BCUT2D eigenvalue weighted by atomic mass is 16.5. The lowest BCUT2D eigenvalue weighted by molar-refractivity contribution is -0.189. The zero-order valence-electron chi connectivity index (χ0n) is 41.7. The Morgan fingerprint density at radius 3 is 0.952 bits per heavy atom. The average Bonchev–Trinajstić information content (AvgIpc) is 3.09. The minimum Gasteiger partial charge on any atom is -0.507 e. The molecule has 2 aliphatic carbocycles. The fourth-order valence-electron chi connectivity index (χ4n) is 10.7. The van der Waals surface area contributed by atoms with Crippen LogP contribution in [0.3, 0.4) is 0 Å². The second-order valence-electron chi connectivity index (χ2n) is 25.0. The molecule has 2 fully saturated rings. The molecule has 2 saturated carbocycles. The zero-order valence-corrected chi connectivity index (χ0v) is 41.7. The maximum absolute atomic E-state index is 13.1. The van der Waals surface area contributed by atoms with E-state index in [1.807, 2.05) is 52.0 Å². The van der Waals surface area contributed by atoms with Crippen LogP contribution in [0.15, 0.2) is 24.3 Å². The Kier molecular flexibility index (Phi) is 15.5. The number of hydrogen-bond donors (Lipinski definition) is 6. The number of phenols is 2. The number of hydrogen-bond acceptors (Lipinski definition) is 10. The molecule has 2 aliphatic rings. The summed E-state index contributed by atoms with van der Waals surface area (Å²) in [5.41, 5.74) is 1.78. The van der Waals surface area contributed by atoms with Crippen molar-refractivity contribution in [1.29, 1.82) is 0 Å². The molecule has 63 heavy (non-hydrogen) atoms. The van der Waals surface area contributed by atoms with Crippen molar-refractivity contribution >= 4 is 11.9 Å². The van der Waals surface area contributed by atoms with Gasteiger partial charge in [0.25, 0.3) is 0 Å². The molecule has 2 aromatic carbocycles. The summed E-state index contributed by atoms with van der Waals surface area (Å²) >= 11 is 0. The van der Waals surface area contributed by atoms with Crippen LogP contribution < -0.4 is 0 Å². The number of esters is 2. The van der Waals surface area contributed by atoms with E-state index in [0.29, 0.717) is 12.8 Å². The summed E-state index contributed by atoms with van der Waals surface area (Å²) in [7, 11) is 0. The van der Waals surface area contributed by atoms with Gasteiger partial charge in [0.05, 0.1) is 37.6 Å². The van der Waals surface area contributed by atoms with E-state index in [9.17, 15) is 40.2 Å². The molecule has 0 aromatic heterocycles. The largest absolute Gasteiger partial charge is 0.507 e. The van der Waals surface area contributed by atoms with Crippen molar-refractivity contribution in [3.63, 3.8) is 0 Å². The molecule has 0 heterocycles. The first-order chi connectivity index (χ1) is 28.5. The average molecular weight is 881 g/mol. The van der Waals surface area contributed by atoms with Crippen LogP contribution in [0.5, 0.6) is 11.5 Å². The number of carbonyl (C=O) groups is 2. The normalized spacial score (nSPS) is 25.3. The molecule has 10 nitrogen and oxygen atoms in total. The molecule has 1 spiro atoms. The van der Waals surface area contributed by atoms with Gasteiger partial charge in [0.1, 0.15) is 11.5 Å². The minimum absolute atomic E-state index is 0.00123. The van der Waals surface area contributed by atoms with Crippen molar-refractivity contribution in [3.05, 3.63) is 57.6 Å². The van der Waals surface area contributed by atoms with Crippen LogP contribution in [0.4, 0.5) is 0 Å². The number of phenolic OH excluding ortho intramolecular Hbond substituents is 2. The van der Waals surface area contributed by atoms with Gasteiger partial charge in [-0.15, -0.1) is 0 Å². The second kappa shape index (κ2) is 18.6. The van der Waals surface area contributed by atoms with Crippen molar-refractivity contribution < 1.29 is 49.7 Å². The van der Waals surface area contributed by atoms with Crippen LogP contribution in [0, 0.1) is 28.1 Å². The van der Waals surface area contributed by atoms with Crippen molar-refractivity contribution in [2.45, 2.75) is 208 Å². The van der Waals surface area contributed by atoms with E-state index in [1.165, 1.54) is 0 Å². The first-order valence-corrected chi connectivity index (χ1v) is 23.3. The van der Waals surface area contributed by atoms with Crippen LogP contribution in [-0.4, -0.2) is 80.2 Å². The van der Waals surface area contributed by atoms with E-state index in [2.05, 4.69) is 83.1 Å². The molecule has 6 N–H and O–H groups in total. The van der Waals surface area contributed by atoms with Gasteiger partial charge < -0.3 is 40.1 Å². The monoisotopic (exact) mass is 881 g/mol. The molecule has 0 radical (unpaired) electrons.